The van der Waals surface area contributed by atoms with Crippen molar-refractivity contribution in [3.05, 3.63) is 51.6 Å². The number of hydrogen-bond acceptors (Lipinski definition) is 4. The third kappa shape index (κ3) is 4.85. The first-order chi connectivity index (χ1) is 15.4. The summed E-state index contributed by atoms with van der Waals surface area (Å²) in [5.41, 5.74) is -0.512. The van der Waals surface area contributed by atoms with Crippen molar-refractivity contribution < 1.29 is 31.9 Å². The number of nitrogens with one attached hydrogen (secondary N) is 2. The highest BCUT2D eigenvalue weighted by atomic mass is 35.5. The van der Waals surface area contributed by atoms with Gasteiger partial charge in [0.15, 0.2) is 0 Å². The van der Waals surface area contributed by atoms with Crippen LogP contribution in [0.3, 0.4) is 0 Å². The number of aromatic nitrogens is 1. The number of anilines is 1. The van der Waals surface area contributed by atoms with Crippen molar-refractivity contribution in [1.29, 1.82) is 5.26 Å². The molecule has 12 heteroatoms. The number of carbonyl (C=O) groups is 3. The number of rotatable bonds is 6. The Hall–Kier alpha value is -3.39. The van der Waals surface area contributed by atoms with Crippen molar-refractivity contribution in [2.45, 2.75) is 37.9 Å². The fourth-order valence-electron chi connectivity index (χ4n) is 3.31. The number of carbonyl (C=O) groups excluding carboxylic acids is 3. The minimum absolute atomic E-state index is 0.0767. The van der Waals surface area contributed by atoms with E-state index in [0.717, 1.165) is 12.1 Å². The molecule has 1 aliphatic carbocycles. The molecule has 2 amide bonds. The molecule has 0 aliphatic heterocycles. The van der Waals surface area contributed by atoms with E-state index in [9.17, 15) is 31.9 Å². The van der Waals surface area contributed by atoms with E-state index < -0.39 is 35.6 Å². The fourth-order valence-corrected chi connectivity index (χ4v) is 3.70. The normalized spacial score (nSPS) is 14.4. The van der Waals surface area contributed by atoms with Gasteiger partial charge in [0.05, 0.1) is 16.1 Å². The van der Waals surface area contributed by atoms with Crippen LogP contribution in [-0.2, 0) is 11.8 Å². The van der Waals surface area contributed by atoms with Crippen molar-refractivity contribution in [1.82, 2.24) is 9.88 Å². The number of Topliss-reactive ketones (excluding diaryl/α,β-unsaturated/α-hetero) is 1. The van der Waals surface area contributed by atoms with Gasteiger partial charge in [-0.15, -0.1) is 0 Å². The number of hydrogen-bond donors (Lipinski definition) is 2. The Morgan fingerprint density at radius 2 is 1.91 bits per heavy atom. The largest absolute Gasteiger partial charge is 0.408 e. The summed E-state index contributed by atoms with van der Waals surface area (Å²) in [6, 6.07) is 2.67. The molecular weight excluding hydrogens is 468 g/mol. The smallest absolute Gasteiger partial charge is 0.341 e. The minimum atomic E-state index is -4.75. The third-order valence-corrected chi connectivity index (χ3v) is 5.54. The summed E-state index contributed by atoms with van der Waals surface area (Å²) in [5.74, 6) is -4.59. The molecule has 2 N–H and O–H groups in total. The average Bonchev–Trinajstić information content (AvgIpc) is 3.52. The SMILES string of the molecule is C[C@@H](NC(=O)C(=O)c1c(Cl)c(C(=O)Nc2ccc(F)c(C#N)c2)n(C)c1C1CC1)C(F)(F)F. The molecule has 1 aliphatic rings. The minimum Gasteiger partial charge on any atom is -0.341 e. The highest BCUT2D eigenvalue weighted by Gasteiger charge is 2.41. The molecule has 1 aromatic carbocycles. The molecule has 0 unspecified atom stereocenters. The van der Waals surface area contributed by atoms with Gasteiger partial charge in [-0.2, -0.15) is 18.4 Å². The zero-order valence-electron chi connectivity index (χ0n) is 17.3. The highest BCUT2D eigenvalue weighted by molar-refractivity contribution is 6.48. The summed E-state index contributed by atoms with van der Waals surface area (Å²) in [4.78, 5) is 37.9. The lowest BCUT2D eigenvalue weighted by Gasteiger charge is -2.16. The summed E-state index contributed by atoms with van der Waals surface area (Å²) < 4.78 is 53.2. The standard InChI is InChI=1S/C21H17ClF4N4O3/c1-9(21(24,25)26)28-20(33)18(31)14-15(22)17(30(2)16(14)10-3-4-10)19(32)29-12-5-6-13(23)11(7-12)8-27/h5-7,9-10H,3-4H2,1-2H3,(H,28,33)(H,29,32)/t9-/m1/s1. The van der Waals surface area contributed by atoms with Crippen molar-refractivity contribution in [2.75, 3.05) is 5.32 Å². The molecule has 7 nitrogen and oxygen atoms in total. The van der Waals surface area contributed by atoms with Crippen molar-refractivity contribution >= 4 is 34.9 Å². The van der Waals surface area contributed by atoms with Crippen LogP contribution in [0.2, 0.25) is 5.02 Å². The maximum absolute atomic E-state index is 13.5. The van der Waals surface area contributed by atoms with E-state index in [2.05, 4.69) is 5.32 Å². The van der Waals surface area contributed by atoms with Gasteiger partial charge in [-0.25, -0.2) is 4.39 Å². The van der Waals surface area contributed by atoms with E-state index in [0.29, 0.717) is 19.8 Å². The van der Waals surface area contributed by atoms with Gasteiger partial charge in [0.2, 0.25) is 0 Å². The fraction of sp³-hybridized carbons (Fsp3) is 0.333. The lowest BCUT2D eigenvalue weighted by Crippen LogP contribution is -2.45. The van der Waals surface area contributed by atoms with E-state index in [1.54, 1.807) is 11.4 Å². The van der Waals surface area contributed by atoms with Crippen LogP contribution in [0.4, 0.5) is 23.2 Å². The summed E-state index contributed by atoms with van der Waals surface area (Å²) >= 11 is 6.30. The first-order valence-electron chi connectivity index (χ1n) is 9.67. The third-order valence-electron chi connectivity index (χ3n) is 5.18. The van der Waals surface area contributed by atoms with E-state index in [1.807, 2.05) is 0 Å². The zero-order chi connectivity index (χ0) is 24.7. The summed E-state index contributed by atoms with van der Waals surface area (Å²) in [6.07, 6.45) is -3.47. The quantitative estimate of drug-likeness (QED) is 0.366. The molecular formula is C21H17ClF4N4O3. The molecule has 1 saturated carbocycles. The molecule has 174 valence electrons. The second-order valence-electron chi connectivity index (χ2n) is 7.58. The van der Waals surface area contributed by atoms with E-state index in [1.165, 1.54) is 17.7 Å². The Bertz CT molecular complexity index is 1200. The Kier molecular flexibility index (Phi) is 6.51. The predicted molar refractivity (Wildman–Crippen MR) is 109 cm³/mol. The highest BCUT2D eigenvalue weighted by Crippen LogP contribution is 2.45. The molecule has 1 fully saturated rings. The van der Waals surface area contributed by atoms with Crippen LogP contribution >= 0.6 is 11.6 Å². The molecule has 1 heterocycles. The van der Waals surface area contributed by atoms with Gasteiger partial charge in [0, 0.05) is 24.3 Å². The molecule has 0 spiro atoms. The number of amides is 2. The average molecular weight is 485 g/mol. The molecule has 3 rings (SSSR count). The second kappa shape index (κ2) is 8.86. The van der Waals surface area contributed by atoms with Crippen LogP contribution in [0, 0.1) is 17.1 Å². The number of nitriles is 1. The topological polar surface area (TPSA) is 104 Å². The lowest BCUT2D eigenvalue weighted by molar-refractivity contribution is -0.156. The monoisotopic (exact) mass is 484 g/mol. The van der Waals surface area contributed by atoms with Gasteiger partial charge in [-0.1, -0.05) is 11.6 Å². The van der Waals surface area contributed by atoms with Crippen LogP contribution in [0.5, 0.6) is 0 Å². The number of alkyl halides is 3. The van der Waals surface area contributed by atoms with Crippen LogP contribution in [0.15, 0.2) is 18.2 Å². The second-order valence-corrected chi connectivity index (χ2v) is 7.96. The summed E-state index contributed by atoms with van der Waals surface area (Å²) in [5, 5.41) is 12.6. The molecule has 2 aromatic rings. The van der Waals surface area contributed by atoms with Gasteiger partial charge in [-0.3, -0.25) is 14.4 Å². The van der Waals surface area contributed by atoms with Gasteiger partial charge < -0.3 is 15.2 Å². The molecule has 33 heavy (non-hydrogen) atoms. The molecule has 0 bridgehead atoms. The Balaban J connectivity index is 1.96. The maximum atomic E-state index is 13.5. The van der Waals surface area contributed by atoms with Gasteiger partial charge in [0.1, 0.15) is 23.6 Å². The zero-order valence-corrected chi connectivity index (χ0v) is 18.1. The first-order valence-corrected chi connectivity index (χ1v) is 10.1. The van der Waals surface area contributed by atoms with E-state index >= 15 is 0 Å². The number of nitrogens with zero attached hydrogens (tertiary/aromatic N) is 2. The van der Waals surface area contributed by atoms with Crippen LogP contribution < -0.4 is 10.6 Å². The Morgan fingerprint density at radius 3 is 2.45 bits per heavy atom. The lowest BCUT2D eigenvalue weighted by atomic mass is 10.1. The number of benzene rings is 1. The Labute approximate surface area is 190 Å². The van der Waals surface area contributed by atoms with Crippen molar-refractivity contribution in [3.8, 4) is 6.07 Å². The van der Waals surface area contributed by atoms with Gasteiger partial charge >= 0.3 is 6.18 Å². The van der Waals surface area contributed by atoms with Crippen molar-refractivity contribution in [2.24, 2.45) is 7.05 Å². The number of halogens is 5. The molecule has 1 atom stereocenters. The van der Waals surface area contributed by atoms with E-state index in [4.69, 9.17) is 16.9 Å². The number of ketones is 1. The van der Waals surface area contributed by atoms with Gasteiger partial charge in [0.25, 0.3) is 17.6 Å². The van der Waals surface area contributed by atoms with Gasteiger partial charge in [-0.05, 0) is 38.0 Å². The van der Waals surface area contributed by atoms with Crippen LogP contribution in [0.25, 0.3) is 0 Å². The summed E-state index contributed by atoms with van der Waals surface area (Å²) in [7, 11) is 1.44. The van der Waals surface area contributed by atoms with Crippen LogP contribution in [-0.4, -0.2) is 34.4 Å². The van der Waals surface area contributed by atoms with Crippen LogP contribution in [0.1, 0.15) is 57.8 Å². The first kappa shape index (κ1) is 24.3. The molecule has 0 saturated heterocycles. The molecule has 1 aromatic heterocycles. The Morgan fingerprint density at radius 1 is 1.27 bits per heavy atom. The maximum Gasteiger partial charge on any atom is 0.408 e. The van der Waals surface area contributed by atoms with E-state index in [-0.39, 0.29) is 39.1 Å². The molecule has 0 radical (unpaired) electrons. The summed E-state index contributed by atoms with van der Waals surface area (Å²) in [6.45, 7) is 0.691. The van der Waals surface area contributed by atoms with Crippen molar-refractivity contribution in [3.63, 3.8) is 0 Å². The predicted octanol–water partition coefficient (Wildman–Crippen LogP) is 4.07.